The molecule has 0 bridgehead atoms. The molecule has 2 saturated heterocycles. The summed E-state index contributed by atoms with van der Waals surface area (Å²) in [5.41, 5.74) is 3.68. The number of carbonyl (C=O) groups is 2. The fraction of sp³-hybridized carbons (Fsp3) is 0.417. The number of piperidine rings is 1. The molecule has 3 aliphatic rings. The Morgan fingerprint density at radius 2 is 1.68 bits per heavy atom. The van der Waals surface area contributed by atoms with Crippen LogP contribution < -0.4 is 14.7 Å². The van der Waals surface area contributed by atoms with Crippen molar-refractivity contribution in [1.82, 2.24) is 4.90 Å². The Balaban J connectivity index is 1.32. The van der Waals surface area contributed by atoms with E-state index in [9.17, 15) is 9.59 Å². The van der Waals surface area contributed by atoms with Gasteiger partial charge in [-0.25, -0.2) is 0 Å². The van der Waals surface area contributed by atoms with Crippen molar-refractivity contribution in [3.05, 3.63) is 53.1 Å². The predicted molar refractivity (Wildman–Crippen MR) is 124 cm³/mol. The van der Waals surface area contributed by atoms with Crippen molar-refractivity contribution in [2.75, 3.05) is 54.5 Å². The number of anilines is 3. The summed E-state index contributed by atoms with van der Waals surface area (Å²) in [6, 6.07) is 13.6. The van der Waals surface area contributed by atoms with Gasteiger partial charge < -0.3 is 19.6 Å². The third kappa shape index (κ3) is 3.63. The molecule has 1 atom stereocenters. The van der Waals surface area contributed by atoms with Crippen LogP contribution in [0.1, 0.15) is 29.6 Å². The van der Waals surface area contributed by atoms with Gasteiger partial charge in [0.15, 0.2) is 0 Å². The summed E-state index contributed by atoms with van der Waals surface area (Å²) >= 11 is 5.99. The molecule has 0 radical (unpaired) electrons. The Hall–Kier alpha value is -2.73. The molecule has 3 heterocycles. The molecule has 0 saturated carbocycles. The van der Waals surface area contributed by atoms with Crippen LogP contribution in [0.4, 0.5) is 17.1 Å². The first-order valence-corrected chi connectivity index (χ1v) is 11.4. The molecule has 3 aliphatic heterocycles. The molecule has 0 spiro atoms. The van der Waals surface area contributed by atoms with Crippen molar-refractivity contribution >= 4 is 40.5 Å². The Kier molecular flexibility index (Phi) is 5.26. The van der Waals surface area contributed by atoms with Crippen molar-refractivity contribution in [3.63, 3.8) is 0 Å². The van der Waals surface area contributed by atoms with Crippen LogP contribution in [0.15, 0.2) is 42.5 Å². The Morgan fingerprint density at radius 1 is 0.935 bits per heavy atom. The van der Waals surface area contributed by atoms with E-state index in [1.807, 2.05) is 54.4 Å². The van der Waals surface area contributed by atoms with Crippen LogP contribution in [0.5, 0.6) is 0 Å². The third-order valence-electron chi connectivity index (χ3n) is 6.77. The van der Waals surface area contributed by atoms with E-state index in [0.29, 0.717) is 18.7 Å². The molecular weight excluding hydrogens is 412 g/mol. The van der Waals surface area contributed by atoms with Crippen molar-refractivity contribution in [2.45, 2.75) is 25.3 Å². The second-order valence-electron chi connectivity index (χ2n) is 8.56. The van der Waals surface area contributed by atoms with E-state index in [4.69, 9.17) is 11.6 Å². The van der Waals surface area contributed by atoms with Gasteiger partial charge in [0.1, 0.15) is 6.04 Å². The first-order valence-electron chi connectivity index (χ1n) is 11.0. The summed E-state index contributed by atoms with van der Waals surface area (Å²) in [6.45, 7) is 3.80. The smallest absolute Gasteiger partial charge is 0.254 e. The zero-order valence-electron chi connectivity index (χ0n) is 17.8. The highest BCUT2D eigenvalue weighted by atomic mass is 35.5. The molecule has 0 aliphatic carbocycles. The van der Waals surface area contributed by atoms with Crippen LogP contribution in [-0.2, 0) is 4.79 Å². The summed E-state index contributed by atoms with van der Waals surface area (Å²) in [4.78, 5) is 34.2. The summed E-state index contributed by atoms with van der Waals surface area (Å²) in [7, 11) is 1.83. The molecule has 6 nitrogen and oxygen atoms in total. The number of rotatable bonds is 2. The predicted octanol–water partition coefficient (Wildman–Crippen LogP) is 3.64. The number of piperazine rings is 1. The number of nitrogens with zero attached hydrogens (tertiary/aromatic N) is 4. The average Bonchev–Trinajstić information content (AvgIpc) is 2.82. The van der Waals surface area contributed by atoms with Crippen LogP contribution in [-0.4, -0.2) is 62.5 Å². The summed E-state index contributed by atoms with van der Waals surface area (Å²) in [5, 5.41) is 0.726. The number of carbonyl (C=O) groups excluding carboxylic acids is 2. The van der Waals surface area contributed by atoms with Gasteiger partial charge in [-0.2, -0.15) is 0 Å². The number of amides is 2. The molecule has 0 N–H and O–H groups in total. The molecule has 2 amide bonds. The van der Waals surface area contributed by atoms with E-state index >= 15 is 0 Å². The highest BCUT2D eigenvalue weighted by Crippen LogP contribution is 2.39. The minimum Gasteiger partial charge on any atom is -0.368 e. The van der Waals surface area contributed by atoms with Gasteiger partial charge in [-0.05, 0) is 61.7 Å². The number of benzene rings is 2. The first-order chi connectivity index (χ1) is 15.0. The van der Waals surface area contributed by atoms with Crippen molar-refractivity contribution < 1.29 is 9.59 Å². The molecule has 5 rings (SSSR count). The van der Waals surface area contributed by atoms with Gasteiger partial charge in [-0.15, -0.1) is 0 Å². The molecular formula is C24H27ClN4O2. The van der Waals surface area contributed by atoms with Gasteiger partial charge >= 0.3 is 0 Å². The van der Waals surface area contributed by atoms with Gasteiger partial charge in [0.25, 0.3) is 5.91 Å². The van der Waals surface area contributed by atoms with Crippen LogP contribution in [0, 0.1) is 0 Å². The normalized spacial score (nSPS) is 21.1. The molecule has 0 aromatic heterocycles. The summed E-state index contributed by atoms with van der Waals surface area (Å²) in [5.74, 6) is 0.161. The molecule has 2 aromatic carbocycles. The highest BCUT2D eigenvalue weighted by Gasteiger charge is 2.38. The van der Waals surface area contributed by atoms with E-state index in [1.165, 1.54) is 0 Å². The number of hydrogen-bond donors (Lipinski definition) is 0. The Morgan fingerprint density at radius 3 is 2.42 bits per heavy atom. The van der Waals surface area contributed by atoms with Gasteiger partial charge in [-0.3, -0.25) is 9.59 Å². The van der Waals surface area contributed by atoms with Crippen molar-refractivity contribution in [2.24, 2.45) is 0 Å². The van der Waals surface area contributed by atoms with E-state index in [2.05, 4.69) is 9.80 Å². The lowest BCUT2D eigenvalue weighted by atomic mass is 9.95. The average molecular weight is 439 g/mol. The largest absolute Gasteiger partial charge is 0.368 e. The first kappa shape index (κ1) is 20.2. The Bertz CT molecular complexity index is 1000. The van der Waals surface area contributed by atoms with Crippen LogP contribution >= 0.6 is 11.6 Å². The van der Waals surface area contributed by atoms with Crippen LogP contribution in [0.25, 0.3) is 0 Å². The summed E-state index contributed by atoms with van der Waals surface area (Å²) in [6.07, 6.45) is 3.10. The third-order valence-corrected chi connectivity index (χ3v) is 7.02. The molecule has 2 fully saturated rings. The molecule has 7 heteroatoms. The minimum absolute atomic E-state index is 0.0279. The number of likely N-dealkylation sites (N-methyl/N-ethyl adjacent to an activating group) is 1. The lowest BCUT2D eigenvalue weighted by Crippen LogP contribution is -2.54. The molecule has 1 unspecified atom stereocenters. The zero-order valence-corrected chi connectivity index (χ0v) is 18.5. The maximum absolute atomic E-state index is 13.2. The SMILES string of the molecule is CN1C(=O)C2CCCCN2c2ccc(C(=O)N3CCN(c4ccc(Cl)cc4)CC3)cc21. The maximum atomic E-state index is 13.2. The summed E-state index contributed by atoms with van der Waals surface area (Å²) < 4.78 is 0. The lowest BCUT2D eigenvalue weighted by molar-refractivity contribution is -0.120. The molecule has 162 valence electrons. The quantitative estimate of drug-likeness (QED) is 0.718. The van der Waals surface area contributed by atoms with Gasteiger partial charge in [0.05, 0.1) is 11.4 Å². The number of halogens is 1. The van der Waals surface area contributed by atoms with Gasteiger partial charge in [0.2, 0.25) is 5.91 Å². The highest BCUT2D eigenvalue weighted by molar-refractivity contribution is 6.30. The number of fused-ring (bicyclic) bond motifs is 3. The molecule has 31 heavy (non-hydrogen) atoms. The lowest BCUT2D eigenvalue weighted by Gasteiger charge is -2.44. The monoisotopic (exact) mass is 438 g/mol. The minimum atomic E-state index is -0.0613. The fourth-order valence-corrected chi connectivity index (χ4v) is 5.12. The van der Waals surface area contributed by atoms with E-state index in [-0.39, 0.29) is 17.9 Å². The second-order valence-corrected chi connectivity index (χ2v) is 9.00. The fourth-order valence-electron chi connectivity index (χ4n) is 4.99. The van der Waals surface area contributed by atoms with Crippen molar-refractivity contribution in [3.8, 4) is 0 Å². The zero-order chi connectivity index (χ0) is 21.5. The van der Waals surface area contributed by atoms with E-state index in [1.54, 1.807) is 4.90 Å². The van der Waals surface area contributed by atoms with E-state index in [0.717, 1.165) is 61.0 Å². The van der Waals surface area contributed by atoms with Gasteiger partial charge in [0, 0.05) is 56.0 Å². The maximum Gasteiger partial charge on any atom is 0.254 e. The van der Waals surface area contributed by atoms with E-state index < -0.39 is 0 Å². The van der Waals surface area contributed by atoms with Crippen LogP contribution in [0.3, 0.4) is 0 Å². The topological polar surface area (TPSA) is 47.1 Å². The Labute approximate surface area is 188 Å². The standard InChI is InChI=1S/C24H27ClN4O2/c1-26-22-16-17(5-10-20(22)29-11-3-2-4-21(29)24(26)31)23(30)28-14-12-27(13-15-28)19-8-6-18(25)7-9-19/h5-10,16,21H,2-4,11-15H2,1H3. The van der Waals surface area contributed by atoms with Gasteiger partial charge in [-0.1, -0.05) is 11.6 Å². The number of hydrogen-bond acceptors (Lipinski definition) is 4. The van der Waals surface area contributed by atoms with Crippen LogP contribution in [0.2, 0.25) is 5.02 Å². The van der Waals surface area contributed by atoms with Crippen molar-refractivity contribution in [1.29, 1.82) is 0 Å². The molecule has 2 aromatic rings. The second kappa shape index (κ2) is 8.08.